The molecule has 0 fully saturated rings. The molecule has 1 rings (SSSR count). The van der Waals surface area contributed by atoms with Crippen LogP contribution in [-0.2, 0) is 19.6 Å². The van der Waals surface area contributed by atoms with Gasteiger partial charge in [0.15, 0.2) is 0 Å². The molecular weight excluding hydrogens is 324 g/mol. The summed E-state index contributed by atoms with van der Waals surface area (Å²) in [5, 5.41) is 10.6. The summed E-state index contributed by atoms with van der Waals surface area (Å²) in [5.74, 6) is -0.704. The highest BCUT2D eigenvalue weighted by atomic mass is 32.2. The molecule has 0 saturated carbocycles. The van der Waals surface area contributed by atoms with Gasteiger partial charge in [0, 0.05) is 19.2 Å². The van der Waals surface area contributed by atoms with Crippen LogP contribution in [0.3, 0.4) is 0 Å². The Labute approximate surface area is 134 Å². The average Bonchev–Trinajstić information content (AvgIpc) is 2.52. The summed E-state index contributed by atoms with van der Waals surface area (Å²) >= 11 is 0. The Morgan fingerprint density at radius 2 is 2.00 bits per heavy atom. The summed E-state index contributed by atoms with van der Waals surface area (Å²) in [7, 11) is -2.71. The van der Waals surface area contributed by atoms with Gasteiger partial charge in [-0.05, 0) is 18.6 Å². The van der Waals surface area contributed by atoms with Crippen LogP contribution in [0.4, 0.5) is 5.69 Å². The molecule has 0 bridgehead atoms. The number of nitro benzene ring substituents is 1. The Bertz CT molecular complexity index is 684. The second-order valence-corrected chi connectivity index (χ2v) is 6.73. The highest BCUT2D eigenvalue weighted by Gasteiger charge is 2.24. The molecule has 23 heavy (non-hydrogen) atoms. The summed E-state index contributed by atoms with van der Waals surface area (Å²) < 4.78 is 30.5. The van der Waals surface area contributed by atoms with Crippen LogP contribution in [-0.4, -0.2) is 43.3 Å². The monoisotopic (exact) mass is 342 g/mol. The van der Waals surface area contributed by atoms with Gasteiger partial charge in [0.2, 0.25) is 10.0 Å². The van der Waals surface area contributed by atoms with E-state index >= 15 is 0 Å². The molecule has 1 aromatic rings. The normalized spacial score (nSPS) is 12.7. The fraction of sp³-hybridized carbons (Fsp3) is 0.357. The molecule has 0 N–H and O–H groups in total. The lowest BCUT2D eigenvalue weighted by molar-refractivity contribution is -0.384. The summed E-state index contributed by atoms with van der Waals surface area (Å²) in [6.07, 6.45) is 1.52. The van der Waals surface area contributed by atoms with E-state index < -0.39 is 33.6 Å². The van der Waals surface area contributed by atoms with Crippen LogP contribution in [0.5, 0.6) is 0 Å². The van der Waals surface area contributed by atoms with Gasteiger partial charge in [-0.3, -0.25) is 14.9 Å². The van der Waals surface area contributed by atoms with Crippen molar-refractivity contribution in [3.8, 4) is 0 Å². The molecule has 0 saturated heterocycles. The molecule has 0 aliphatic heterocycles. The molecule has 0 aliphatic carbocycles. The van der Waals surface area contributed by atoms with E-state index in [4.69, 9.17) is 4.74 Å². The zero-order valence-electron chi connectivity index (χ0n) is 12.8. The second kappa shape index (κ2) is 7.84. The second-order valence-electron chi connectivity index (χ2n) is 4.68. The molecule has 0 aliphatic rings. The first kappa shape index (κ1) is 18.8. The van der Waals surface area contributed by atoms with Crippen LogP contribution in [0.1, 0.15) is 13.3 Å². The number of non-ortho nitro benzene ring substituents is 1. The maximum absolute atomic E-state index is 12.3. The van der Waals surface area contributed by atoms with Gasteiger partial charge < -0.3 is 4.74 Å². The van der Waals surface area contributed by atoms with Gasteiger partial charge in [-0.2, -0.15) is 4.31 Å². The van der Waals surface area contributed by atoms with Crippen molar-refractivity contribution in [3.63, 3.8) is 0 Å². The molecule has 1 aromatic carbocycles. The van der Waals surface area contributed by atoms with Crippen molar-refractivity contribution >= 4 is 21.7 Å². The Morgan fingerprint density at radius 1 is 1.43 bits per heavy atom. The third-order valence-corrected chi connectivity index (χ3v) is 4.87. The van der Waals surface area contributed by atoms with Crippen LogP contribution in [0.25, 0.3) is 0 Å². The smallest absolute Gasteiger partial charge is 0.321 e. The fourth-order valence-electron chi connectivity index (χ4n) is 1.69. The number of nitrogens with zero attached hydrogens (tertiary/aromatic N) is 2. The van der Waals surface area contributed by atoms with E-state index in [1.54, 1.807) is 6.92 Å². The predicted octanol–water partition coefficient (Wildman–Crippen LogP) is 1.72. The Kier molecular flexibility index (Phi) is 6.40. The van der Waals surface area contributed by atoms with Crippen molar-refractivity contribution in [1.82, 2.24) is 4.31 Å². The molecule has 1 atom stereocenters. The highest BCUT2D eigenvalue weighted by Crippen LogP contribution is 2.18. The topological polar surface area (TPSA) is 107 Å². The Morgan fingerprint density at radius 3 is 2.43 bits per heavy atom. The molecule has 0 aromatic heterocycles. The third-order valence-electron chi connectivity index (χ3n) is 3.06. The summed E-state index contributed by atoms with van der Waals surface area (Å²) in [6.45, 7) is 4.85. The first-order valence-corrected chi connectivity index (χ1v) is 8.19. The molecule has 9 heteroatoms. The minimum absolute atomic E-state index is 0.144. The van der Waals surface area contributed by atoms with Crippen LogP contribution in [0, 0.1) is 10.1 Å². The highest BCUT2D eigenvalue weighted by molar-refractivity contribution is 7.89. The summed E-state index contributed by atoms with van der Waals surface area (Å²) in [6, 6.07) is 4.41. The first-order chi connectivity index (χ1) is 10.7. The van der Waals surface area contributed by atoms with E-state index in [0.717, 1.165) is 28.6 Å². The largest absolute Gasteiger partial charge is 0.457 e. The van der Waals surface area contributed by atoms with Crippen LogP contribution in [0.15, 0.2) is 41.8 Å². The molecule has 0 spiro atoms. The molecule has 0 radical (unpaired) electrons. The fourth-order valence-corrected chi connectivity index (χ4v) is 2.81. The number of nitro groups is 1. The minimum atomic E-state index is -3.94. The van der Waals surface area contributed by atoms with Gasteiger partial charge in [-0.15, -0.1) is 0 Å². The van der Waals surface area contributed by atoms with Crippen molar-refractivity contribution in [2.75, 3.05) is 13.6 Å². The zero-order chi connectivity index (χ0) is 17.6. The number of hydrogen-bond donors (Lipinski definition) is 0. The SMILES string of the molecule is C=CC(CC)OC(=O)CN(C)S(=O)(=O)c1ccc([N+](=O)[O-])cc1. The number of esters is 1. The predicted molar refractivity (Wildman–Crippen MR) is 83.3 cm³/mol. The lowest BCUT2D eigenvalue weighted by Gasteiger charge is -2.18. The molecule has 126 valence electrons. The number of carbonyl (C=O) groups is 1. The Balaban J connectivity index is 2.84. The van der Waals surface area contributed by atoms with Crippen molar-refractivity contribution < 1.29 is 22.9 Å². The lowest BCUT2D eigenvalue weighted by atomic mass is 10.3. The van der Waals surface area contributed by atoms with Crippen molar-refractivity contribution in [3.05, 3.63) is 47.0 Å². The Hall–Kier alpha value is -2.26. The maximum atomic E-state index is 12.3. The number of likely N-dealkylation sites (N-methyl/N-ethyl adjacent to an activating group) is 1. The number of ether oxygens (including phenoxy) is 1. The van der Waals surface area contributed by atoms with Crippen LogP contribution in [0.2, 0.25) is 0 Å². The van der Waals surface area contributed by atoms with E-state index in [1.807, 2.05) is 0 Å². The van der Waals surface area contributed by atoms with Gasteiger partial charge in [0.1, 0.15) is 12.6 Å². The van der Waals surface area contributed by atoms with E-state index in [2.05, 4.69) is 6.58 Å². The average molecular weight is 342 g/mol. The zero-order valence-corrected chi connectivity index (χ0v) is 13.7. The maximum Gasteiger partial charge on any atom is 0.321 e. The summed E-state index contributed by atoms with van der Waals surface area (Å²) in [5.41, 5.74) is -0.220. The van der Waals surface area contributed by atoms with Gasteiger partial charge >= 0.3 is 5.97 Å². The van der Waals surface area contributed by atoms with Gasteiger partial charge in [0.25, 0.3) is 5.69 Å². The molecule has 0 amide bonds. The van der Waals surface area contributed by atoms with Crippen molar-refractivity contribution in [2.24, 2.45) is 0 Å². The number of rotatable bonds is 8. The van der Waals surface area contributed by atoms with Crippen LogP contribution < -0.4 is 0 Å². The molecule has 0 heterocycles. The van der Waals surface area contributed by atoms with E-state index in [0.29, 0.717) is 6.42 Å². The van der Waals surface area contributed by atoms with E-state index in [9.17, 15) is 23.3 Å². The quantitative estimate of drug-likeness (QED) is 0.308. The number of benzene rings is 1. The van der Waals surface area contributed by atoms with Crippen molar-refractivity contribution in [1.29, 1.82) is 0 Å². The molecule has 8 nitrogen and oxygen atoms in total. The van der Waals surface area contributed by atoms with E-state index in [-0.39, 0.29) is 10.6 Å². The molecule has 1 unspecified atom stereocenters. The third kappa shape index (κ3) is 4.86. The van der Waals surface area contributed by atoms with Crippen molar-refractivity contribution in [2.45, 2.75) is 24.3 Å². The van der Waals surface area contributed by atoms with Gasteiger partial charge in [-0.1, -0.05) is 19.6 Å². The standard InChI is InChI=1S/C14H18N2O6S/c1-4-12(5-2)22-14(17)10-15(3)23(20,21)13-8-6-11(7-9-13)16(18)19/h4,6-9,12H,1,5,10H2,2-3H3. The number of carbonyl (C=O) groups excluding carboxylic acids is 1. The minimum Gasteiger partial charge on any atom is -0.457 e. The molecular formula is C14H18N2O6S. The van der Waals surface area contributed by atoms with Crippen LogP contribution >= 0.6 is 0 Å². The van der Waals surface area contributed by atoms with Gasteiger partial charge in [0.05, 0.1) is 9.82 Å². The number of sulfonamides is 1. The number of hydrogen-bond acceptors (Lipinski definition) is 6. The van der Waals surface area contributed by atoms with E-state index in [1.165, 1.54) is 13.1 Å². The summed E-state index contributed by atoms with van der Waals surface area (Å²) in [4.78, 5) is 21.5. The van der Waals surface area contributed by atoms with Gasteiger partial charge in [-0.25, -0.2) is 8.42 Å². The first-order valence-electron chi connectivity index (χ1n) is 6.75. The lowest BCUT2D eigenvalue weighted by Crippen LogP contribution is -2.34.